The van der Waals surface area contributed by atoms with Crippen molar-refractivity contribution < 1.29 is 13.6 Å². The molecule has 0 atom stereocenters. The molecule has 33 heavy (non-hydrogen) atoms. The highest BCUT2D eigenvalue weighted by molar-refractivity contribution is 6.09. The SMILES string of the molecule is O=C1N(c2c(F)cc(C#Cc3cccnc3)cc2F)c2ncc(-c3ccncn3)n2C12CC2. The van der Waals surface area contributed by atoms with Crippen molar-refractivity contribution in [3.05, 3.63) is 84.2 Å². The number of nitrogens with zero attached hydrogens (tertiary/aromatic N) is 6. The summed E-state index contributed by atoms with van der Waals surface area (Å²) in [4.78, 5) is 30.8. The van der Waals surface area contributed by atoms with Gasteiger partial charge >= 0.3 is 0 Å². The first-order valence-electron chi connectivity index (χ1n) is 10.2. The van der Waals surface area contributed by atoms with Crippen molar-refractivity contribution in [3.63, 3.8) is 0 Å². The molecule has 3 aromatic heterocycles. The van der Waals surface area contributed by atoms with E-state index >= 15 is 8.78 Å². The number of carbonyl (C=O) groups excluding carboxylic acids is 1. The Balaban J connectivity index is 1.44. The number of amides is 1. The van der Waals surface area contributed by atoms with Crippen molar-refractivity contribution in [1.29, 1.82) is 0 Å². The van der Waals surface area contributed by atoms with Crippen molar-refractivity contribution in [2.24, 2.45) is 0 Å². The zero-order valence-corrected chi connectivity index (χ0v) is 17.0. The second-order valence-electron chi connectivity index (χ2n) is 7.83. The van der Waals surface area contributed by atoms with E-state index in [0.29, 0.717) is 29.8 Å². The van der Waals surface area contributed by atoms with Crippen LogP contribution in [0.4, 0.5) is 20.4 Å². The molecule has 1 spiro atoms. The predicted molar refractivity (Wildman–Crippen MR) is 114 cm³/mol. The second kappa shape index (κ2) is 7.03. The third-order valence-electron chi connectivity index (χ3n) is 5.79. The zero-order chi connectivity index (χ0) is 22.6. The molecule has 0 radical (unpaired) electrons. The quantitative estimate of drug-likeness (QED) is 0.446. The Labute approximate surface area is 186 Å². The highest BCUT2D eigenvalue weighted by Gasteiger charge is 2.62. The van der Waals surface area contributed by atoms with Gasteiger partial charge in [-0.3, -0.25) is 14.3 Å². The molecule has 0 unspecified atom stereocenters. The van der Waals surface area contributed by atoms with E-state index in [2.05, 4.69) is 31.8 Å². The molecule has 0 saturated heterocycles. The Morgan fingerprint density at radius 3 is 2.39 bits per heavy atom. The third-order valence-corrected chi connectivity index (χ3v) is 5.79. The first kappa shape index (κ1) is 19.3. The molecular formula is C24H14F2N6O. The largest absolute Gasteiger partial charge is 0.293 e. The van der Waals surface area contributed by atoms with Gasteiger partial charge < -0.3 is 0 Å². The molecule has 2 aliphatic rings. The minimum absolute atomic E-state index is 0.149. The van der Waals surface area contributed by atoms with E-state index in [0.717, 1.165) is 17.0 Å². The van der Waals surface area contributed by atoms with Gasteiger partial charge in [0.05, 0.1) is 17.6 Å². The van der Waals surface area contributed by atoms with E-state index < -0.39 is 28.8 Å². The number of hydrogen-bond donors (Lipinski definition) is 0. The van der Waals surface area contributed by atoms with Crippen LogP contribution < -0.4 is 4.90 Å². The predicted octanol–water partition coefficient (Wildman–Crippen LogP) is 3.58. The molecule has 9 heteroatoms. The van der Waals surface area contributed by atoms with Crippen molar-refractivity contribution >= 4 is 17.5 Å². The van der Waals surface area contributed by atoms with E-state index in [1.807, 2.05) is 0 Å². The van der Waals surface area contributed by atoms with Crippen molar-refractivity contribution in [1.82, 2.24) is 24.5 Å². The van der Waals surface area contributed by atoms with E-state index in [-0.39, 0.29) is 11.5 Å². The van der Waals surface area contributed by atoms with Gasteiger partial charge in [0.25, 0.3) is 5.91 Å². The highest BCUT2D eigenvalue weighted by atomic mass is 19.1. The van der Waals surface area contributed by atoms with Gasteiger partial charge in [-0.1, -0.05) is 11.8 Å². The minimum Gasteiger partial charge on any atom is -0.293 e. The summed E-state index contributed by atoms with van der Waals surface area (Å²) in [6.07, 6.45) is 8.82. The number of benzene rings is 1. The Hall–Kier alpha value is -4.45. The van der Waals surface area contributed by atoms with Crippen LogP contribution in [-0.2, 0) is 10.3 Å². The smallest absolute Gasteiger partial charge is 0.260 e. The lowest BCUT2D eigenvalue weighted by molar-refractivity contribution is -0.120. The Kier molecular flexibility index (Phi) is 4.10. The van der Waals surface area contributed by atoms with Gasteiger partial charge in [-0.25, -0.2) is 28.6 Å². The summed E-state index contributed by atoms with van der Waals surface area (Å²) in [6.45, 7) is 0. The molecule has 0 bridgehead atoms. The van der Waals surface area contributed by atoms with Gasteiger partial charge in [0, 0.05) is 29.7 Å². The van der Waals surface area contributed by atoms with Gasteiger partial charge in [0.2, 0.25) is 5.95 Å². The molecule has 1 aromatic carbocycles. The van der Waals surface area contributed by atoms with Crippen molar-refractivity contribution in [3.8, 4) is 23.2 Å². The molecule has 6 rings (SSSR count). The monoisotopic (exact) mass is 440 g/mol. The fourth-order valence-corrected chi connectivity index (χ4v) is 4.13. The summed E-state index contributed by atoms with van der Waals surface area (Å²) >= 11 is 0. The lowest BCUT2D eigenvalue weighted by atomic mass is 10.1. The lowest BCUT2D eigenvalue weighted by Gasteiger charge is -2.17. The topological polar surface area (TPSA) is 76.8 Å². The molecule has 160 valence electrons. The Bertz CT molecular complexity index is 1450. The number of pyridine rings is 1. The highest BCUT2D eigenvalue weighted by Crippen LogP contribution is 2.56. The second-order valence-corrected chi connectivity index (χ2v) is 7.83. The number of rotatable bonds is 2. The minimum atomic E-state index is -0.899. The van der Waals surface area contributed by atoms with Crippen LogP contribution in [-0.4, -0.2) is 30.4 Å². The van der Waals surface area contributed by atoms with E-state index in [9.17, 15) is 4.79 Å². The molecule has 1 saturated carbocycles. The van der Waals surface area contributed by atoms with E-state index in [1.165, 1.54) is 6.33 Å². The molecule has 7 nitrogen and oxygen atoms in total. The van der Waals surface area contributed by atoms with Gasteiger partial charge in [-0.05, 0) is 43.2 Å². The first-order valence-corrected chi connectivity index (χ1v) is 10.2. The Morgan fingerprint density at radius 1 is 0.939 bits per heavy atom. The maximum absolute atomic E-state index is 15.2. The number of hydrogen-bond acceptors (Lipinski definition) is 5. The number of halogens is 2. The van der Waals surface area contributed by atoms with E-state index in [4.69, 9.17) is 0 Å². The lowest BCUT2D eigenvalue weighted by Crippen LogP contribution is -2.31. The third kappa shape index (κ3) is 2.91. The molecule has 1 amide bonds. The number of anilines is 2. The summed E-state index contributed by atoms with van der Waals surface area (Å²) in [5.41, 5.74) is 0.579. The fraction of sp³-hybridized carbons (Fsp3) is 0.125. The van der Waals surface area contributed by atoms with Crippen LogP contribution in [0.3, 0.4) is 0 Å². The Morgan fingerprint density at radius 2 is 1.73 bits per heavy atom. The fourth-order valence-electron chi connectivity index (χ4n) is 4.13. The maximum atomic E-state index is 15.2. The molecule has 1 fully saturated rings. The van der Waals surface area contributed by atoms with Gasteiger partial charge in [-0.15, -0.1) is 0 Å². The molecule has 4 aromatic rings. The average Bonchev–Trinajstić information content (AvgIpc) is 3.47. The summed E-state index contributed by atoms with van der Waals surface area (Å²) in [6, 6.07) is 7.40. The summed E-state index contributed by atoms with van der Waals surface area (Å²) in [5.74, 6) is 3.52. The first-order chi connectivity index (χ1) is 16.1. The van der Waals surface area contributed by atoms with Crippen molar-refractivity contribution in [2.45, 2.75) is 18.4 Å². The van der Waals surface area contributed by atoms with Crippen LogP contribution in [0.25, 0.3) is 11.4 Å². The van der Waals surface area contributed by atoms with Gasteiger partial charge in [-0.2, -0.15) is 0 Å². The summed E-state index contributed by atoms with van der Waals surface area (Å²) < 4.78 is 32.1. The summed E-state index contributed by atoms with van der Waals surface area (Å²) in [7, 11) is 0. The normalized spacial score (nSPS) is 15.3. The number of aromatic nitrogens is 5. The molecule has 4 heterocycles. The standard InChI is InChI=1S/C24H14F2N6O/c25-17-10-16(4-3-15-2-1-8-27-12-15)11-18(26)21(17)31-22(33)24(6-7-24)32-20(13-29-23(31)32)19-5-9-28-14-30-19/h1-2,5,8-14H,6-7H2. The van der Waals surface area contributed by atoms with Crippen LogP contribution >= 0.6 is 0 Å². The summed E-state index contributed by atoms with van der Waals surface area (Å²) in [5, 5.41) is 0. The number of imidazole rings is 1. The molecule has 1 aliphatic heterocycles. The van der Waals surface area contributed by atoms with Gasteiger partial charge in [0.1, 0.15) is 17.6 Å². The van der Waals surface area contributed by atoms with Crippen LogP contribution in [0.15, 0.2) is 61.4 Å². The average molecular weight is 440 g/mol. The number of fused-ring (bicyclic) bond motifs is 2. The molecular weight excluding hydrogens is 426 g/mol. The van der Waals surface area contributed by atoms with Crippen molar-refractivity contribution in [2.75, 3.05) is 4.90 Å². The maximum Gasteiger partial charge on any atom is 0.260 e. The molecule has 1 aliphatic carbocycles. The van der Waals surface area contributed by atoms with Crippen LogP contribution in [0.5, 0.6) is 0 Å². The van der Waals surface area contributed by atoms with E-state index in [1.54, 1.807) is 47.6 Å². The number of carbonyl (C=O) groups is 1. The van der Waals surface area contributed by atoms with Crippen LogP contribution in [0.1, 0.15) is 24.0 Å². The van der Waals surface area contributed by atoms with Crippen LogP contribution in [0.2, 0.25) is 0 Å². The van der Waals surface area contributed by atoms with Gasteiger partial charge in [0.15, 0.2) is 11.6 Å². The zero-order valence-electron chi connectivity index (χ0n) is 17.0. The molecule has 0 N–H and O–H groups in total. The van der Waals surface area contributed by atoms with Crippen LogP contribution in [0, 0.1) is 23.5 Å².